The summed E-state index contributed by atoms with van der Waals surface area (Å²) >= 11 is 0. The summed E-state index contributed by atoms with van der Waals surface area (Å²) in [7, 11) is 1.22. The van der Waals surface area contributed by atoms with Crippen LogP contribution in [0.2, 0.25) is 0 Å². The largest absolute Gasteiger partial charge is 0.756 e. The smallest absolute Gasteiger partial charge is 0.268 e. The van der Waals surface area contributed by atoms with Crippen LogP contribution < -0.4 is 10.2 Å². The maximum absolute atomic E-state index is 13.0. The summed E-state index contributed by atoms with van der Waals surface area (Å²) in [5, 5.41) is 13.9. The number of aliphatic hydroxyl groups excluding tert-OH is 1. The Kier molecular flexibility index (Phi) is 62.0. The second kappa shape index (κ2) is 64.4. The summed E-state index contributed by atoms with van der Waals surface area (Å²) in [5.41, 5.74) is 0. The highest BCUT2D eigenvalue weighted by atomic mass is 31.2. The van der Waals surface area contributed by atoms with E-state index in [9.17, 15) is 19.4 Å². The van der Waals surface area contributed by atoms with Gasteiger partial charge in [0.25, 0.3) is 7.82 Å². The van der Waals surface area contributed by atoms with Gasteiger partial charge in [0, 0.05) is 6.42 Å². The zero-order valence-corrected chi connectivity index (χ0v) is 56.2. The van der Waals surface area contributed by atoms with Crippen molar-refractivity contribution < 1.29 is 32.9 Å². The molecule has 2 N–H and O–H groups in total. The van der Waals surface area contributed by atoms with E-state index in [0.29, 0.717) is 17.4 Å². The van der Waals surface area contributed by atoms with Crippen LogP contribution in [-0.2, 0) is 18.4 Å². The number of allylic oxidation sites excluding steroid dienone is 19. The van der Waals surface area contributed by atoms with Gasteiger partial charge in [-0.05, 0) is 96.3 Å². The van der Waals surface area contributed by atoms with Gasteiger partial charge in [-0.3, -0.25) is 9.36 Å². The van der Waals surface area contributed by atoms with E-state index in [4.69, 9.17) is 9.05 Å². The number of aliphatic hydroxyl groups is 1. The summed E-state index contributed by atoms with van der Waals surface area (Å²) in [5.74, 6) is -0.224. The first-order valence-electron chi connectivity index (χ1n) is 34.9. The lowest BCUT2D eigenvalue weighted by atomic mass is 10.0. The van der Waals surface area contributed by atoms with Crippen molar-refractivity contribution in [3.63, 3.8) is 0 Å². The predicted molar refractivity (Wildman–Crippen MR) is 366 cm³/mol. The van der Waals surface area contributed by atoms with Crippen molar-refractivity contribution >= 4 is 13.7 Å². The highest BCUT2D eigenvalue weighted by molar-refractivity contribution is 7.45. The molecule has 0 saturated carbocycles. The molecule has 8 nitrogen and oxygen atoms in total. The molecule has 0 aromatic carbocycles. The average Bonchev–Trinajstić information content (AvgIpc) is 3.56. The monoisotopic (exact) mass is 1190 g/mol. The molecule has 0 aromatic heterocycles. The zero-order chi connectivity index (χ0) is 61.2. The molecule has 0 saturated heterocycles. The maximum Gasteiger partial charge on any atom is 0.268 e. The molecule has 1 amide bonds. The number of carbonyl (C=O) groups is 1. The normalized spacial score (nSPS) is 14.4. The Labute approximate surface area is 520 Å². The van der Waals surface area contributed by atoms with E-state index in [1.165, 1.54) is 161 Å². The highest BCUT2D eigenvalue weighted by Gasteiger charge is 2.23. The lowest BCUT2D eigenvalue weighted by molar-refractivity contribution is -0.870. The fourth-order valence-corrected chi connectivity index (χ4v) is 10.5. The van der Waals surface area contributed by atoms with Crippen LogP contribution in [0.3, 0.4) is 0 Å². The molecule has 0 aliphatic heterocycles. The Morgan fingerprint density at radius 2 is 0.738 bits per heavy atom. The summed E-state index contributed by atoms with van der Waals surface area (Å²) in [6.45, 7) is 4.52. The van der Waals surface area contributed by atoms with E-state index in [1.807, 2.05) is 27.2 Å². The average molecular weight is 1190 g/mol. The number of likely N-dealkylation sites (N-methyl/N-ethyl adjacent to an activating group) is 1. The lowest BCUT2D eigenvalue weighted by Crippen LogP contribution is -2.45. The van der Waals surface area contributed by atoms with Gasteiger partial charge in [-0.1, -0.05) is 315 Å². The van der Waals surface area contributed by atoms with Gasteiger partial charge in [0.2, 0.25) is 5.91 Å². The van der Waals surface area contributed by atoms with Crippen molar-refractivity contribution in [1.29, 1.82) is 0 Å². The first kappa shape index (κ1) is 80.9. The SMILES string of the molecule is CC/C=C\C/C=C\C/C=C\C/C=C\C/C=C\C/C=C\C/C=C\C/C=C\CCCCCCCCC(=O)NC(COP(=O)([O-])OCC[N+](C)(C)C)C(O)/C=C/CC/C=C/CCCCCCCCCCCCCCCCCCCCCCCCCCC. The second-order valence-electron chi connectivity index (χ2n) is 24.5. The molecule has 0 aliphatic rings. The topological polar surface area (TPSA) is 108 Å². The van der Waals surface area contributed by atoms with Crippen molar-refractivity contribution in [2.75, 3.05) is 40.9 Å². The molecule has 0 heterocycles. The molecule has 484 valence electrons. The zero-order valence-electron chi connectivity index (χ0n) is 55.3. The first-order chi connectivity index (χ1) is 41.0. The minimum atomic E-state index is -4.63. The van der Waals surface area contributed by atoms with E-state index in [0.717, 1.165) is 116 Å². The Morgan fingerprint density at radius 1 is 0.429 bits per heavy atom. The van der Waals surface area contributed by atoms with Gasteiger partial charge in [0.05, 0.1) is 39.9 Å². The van der Waals surface area contributed by atoms with Crippen molar-refractivity contribution in [2.45, 2.75) is 309 Å². The molecule has 0 aromatic rings. The third-order valence-electron chi connectivity index (χ3n) is 15.2. The van der Waals surface area contributed by atoms with Gasteiger partial charge >= 0.3 is 0 Å². The molecular formula is C75H133N2O6P. The number of quaternary nitrogens is 1. The number of hydrogen-bond acceptors (Lipinski definition) is 6. The van der Waals surface area contributed by atoms with E-state index in [-0.39, 0.29) is 12.5 Å². The van der Waals surface area contributed by atoms with Crippen molar-refractivity contribution in [1.82, 2.24) is 5.32 Å². The number of carbonyl (C=O) groups excluding carboxylic acids is 1. The fourth-order valence-electron chi connectivity index (χ4n) is 9.78. The van der Waals surface area contributed by atoms with Crippen molar-refractivity contribution in [3.8, 4) is 0 Å². The lowest BCUT2D eigenvalue weighted by Gasteiger charge is -2.29. The standard InChI is InChI=1S/C75H133N2O6P/c1-6-8-10-12-14-16-18-20-22-24-26-28-30-32-34-36-38-40-42-44-46-48-50-52-54-56-58-60-62-64-66-68-74(78)73(72-83-84(80,81)82-71-70-77(3,4)5)76-75(79)69-67-65-63-61-59-57-55-53-51-49-47-45-43-41-39-37-35-33-31-29-27-25-23-21-19-17-15-13-11-9-7-2/h9,11,15,17,21,23,27,29,33,35,39,41,45,47,51,53,58,60,66,68,73-74,78H,6-8,10,12-14,16,18-20,22,24-26,28,30-32,34,36-38,40,42-44,46,48-50,52,54-57,59,61-65,67,69-72H2,1-5H3,(H-,76,79,80,81)/b11-9-,17-15-,23-21-,29-27-,35-33-,41-39-,47-45-,53-51-,60-58+,68-66+. The van der Waals surface area contributed by atoms with E-state index >= 15 is 0 Å². The first-order valence-corrected chi connectivity index (χ1v) is 36.4. The molecule has 3 atom stereocenters. The minimum Gasteiger partial charge on any atom is -0.756 e. The number of phosphoric ester groups is 1. The van der Waals surface area contributed by atoms with Crippen molar-refractivity contribution in [3.05, 3.63) is 122 Å². The van der Waals surface area contributed by atoms with E-state index < -0.39 is 26.6 Å². The van der Waals surface area contributed by atoms with Gasteiger partial charge in [-0.25, -0.2) is 0 Å². The number of phosphoric acid groups is 1. The molecule has 3 unspecified atom stereocenters. The van der Waals surface area contributed by atoms with E-state index in [2.05, 4.69) is 129 Å². The number of nitrogens with zero attached hydrogens (tertiary/aromatic N) is 1. The number of hydrogen-bond donors (Lipinski definition) is 2. The summed E-state index contributed by atoms with van der Waals surface area (Å²) in [4.78, 5) is 25.6. The molecule has 0 rings (SSSR count). The van der Waals surface area contributed by atoms with Gasteiger partial charge in [0.1, 0.15) is 13.2 Å². The number of amides is 1. The summed E-state index contributed by atoms with van der Waals surface area (Å²) < 4.78 is 23.4. The van der Waals surface area contributed by atoms with Crippen LogP contribution in [0.4, 0.5) is 0 Å². The maximum atomic E-state index is 13.0. The van der Waals surface area contributed by atoms with Gasteiger partial charge in [0.15, 0.2) is 0 Å². The molecule has 9 heteroatoms. The molecule has 0 spiro atoms. The Hall–Kier alpha value is -3.10. The molecule has 84 heavy (non-hydrogen) atoms. The number of unbranched alkanes of at least 4 members (excludes halogenated alkanes) is 32. The van der Waals surface area contributed by atoms with Gasteiger partial charge in [-0.2, -0.15) is 0 Å². The van der Waals surface area contributed by atoms with Crippen LogP contribution >= 0.6 is 7.82 Å². The van der Waals surface area contributed by atoms with Crippen LogP contribution in [0.1, 0.15) is 296 Å². The highest BCUT2D eigenvalue weighted by Crippen LogP contribution is 2.38. The minimum absolute atomic E-state index is 0.0158. The fraction of sp³-hybridized carbons (Fsp3) is 0.720. The van der Waals surface area contributed by atoms with Crippen LogP contribution in [0.25, 0.3) is 0 Å². The number of nitrogens with one attached hydrogen (secondary N) is 1. The Morgan fingerprint density at radius 3 is 1.11 bits per heavy atom. The predicted octanol–water partition coefficient (Wildman–Crippen LogP) is 21.8. The van der Waals surface area contributed by atoms with Crippen LogP contribution in [0, 0.1) is 0 Å². The summed E-state index contributed by atoms with van der Waals surface area (Å²) in [6, 6.07) is -0.923. The third-order valence-corrected chi connectivity index (χ3v) is 16.1. The quantitative estimate of drug-likeness (QED) is 0.0272. The molecule has 0 fully saturated rings. The molecule has 0 aliphatic carbocycles. The van der Waals surface area contributed by atoms with Crippen LogP contribution in [0.5, 0.6) is 0 Å². The Bertz CT molecular complexity index is 1780. The second-order valence-corrected chi connectivity index (χ2v) is 25.9. The van der Waals surface area contributed by atoms with Crippen molar-refractivity contribution in [2.24, 2.45) is 0 Å². The van der Waals surface area contributed by atoms with Gasteiger partial charge < -0.3 is 28.8 Å². The summed E-state index contributed by atoms with van der Waals surface area (Å²) in [6.07, 6.45) is 96.1. The molecule has 0 radical (unpaired) electrons. The molecule has 0 bridgehead atoms. The van der Waals surface area contributed by atoms with Crippen LogP contribution in [0.15, 0.2) is 122 Å². The van der Waals surface area contributed by atoms with Crippen LogP contribution in [-0.4, -0.2) is 68.5 Å². The van der Waals surface area contributed by atoms with E-state index in [1.54, 1.807) is 6.08 Å². The third kappa shape index (κ3) is 66.4. The number of rotatable bonds is 63. The Balaban J connectivity index is 4.20. The van der Waals surface area contributed by atoms with Gasteiger partial charge in [-0.15, -0.1) is 0 Å². The molecular weight excluding hydrogens is 1060 g/mol.